The van der Waals surface area contributed by atoms with Crippen LogP contribution in [0, 0.1) is 13.8 Å². The molecular weight excluding hydrogens is 398 g/mol. The Bertz CT molecular complexity index is 875. The van der Waals surface area contributed by atoms with Gasteiger partial charge >= 0.3 is 0 Å². The first-order chi connectivity index (χ1) is 14.6. The summed E-state index contributed by atoms with van der Waals surface area (Å²) in [6.07, 6.45) is 9.60. The molecular formula is C26H41N3OSi. The first-order valence-electron chi connectivity index (χ1n) is 11.9. The lowest BCUT2D eigenvalue weighted by molar-refractivity contribution is 0.278. The number of anilines is 1. The number of hydrogen-bond acceptors (Lipinski definition) is 4. The molecule has 2 aromatic heterocycles. The van der Waals surface area contributed by atoms with E-state index < -0.39 is 8.32 Å². The number of unbranched alkanes of at least 4 members (excludes halogenated alkanes) is 1. The Morgan fingerprint density at radius 2 is 1.94 bits per heavy atom. The maximum Gasteiger partial charge on any atom is 0.191 e. The zero-order chi connectivity index (χ0) is 22.6. The fourth-order valence-corrected chi connectivity index (χ4v) is 5.32. The molecule has 3 rings (SSSR count). The largest absolute Gasteiger partial charge is 0.417 e. The molecule has 2 aromatic rings. The molecule has 4 nitrogen and oxygen atoms in total. The third kappa shape index (κ3) is 5.75. The van der Waals surface area contributed by atoms with Crippen molar-refractivity contribution in [1.82, 2.24) is 9.97 Å². The highest BCUT2D eigenvalue weighted by atomic mass is 28.4. The highest BCUT2D eigenvalue weighted by molar-refractivity contribution is 6.74. The van der Waals surface area contributed by atoms with Crippen molar-refractivity contribution in [3.05, 3.63) is 53.0 Å². The van der Waals surface area contributed by atoms with E-state index in [1.807, 2.05) is 12.4 Å². The van der Waals surface area contributed by atoms with E-state index in [2.05, 4.69) is 70.8 Å². The summed E-state index contributed by atoms with van der Waals surface area (Å²) in [5, 5.41) is 0.263. The third-order valence-corrected chi connectivity index (χ3v) is 11.6. The summed E-state index contributed by atoms with van der Waals surface area (Å²) >= 11 is 0. The molecule has 0 spiro atoms. The molecule has 0 aliphatic heterocycles. The first-order valence-corrected chi connectivity index (χ1v) is 14.8. The Kier molecular flexibility index (Phi) is 7.58. The second-order valence-electron chi connectivity index (χ2n) is 10.6. The number of aryl methyl sites for hydroxylation is 3. The molecule has 5 heteroatoms. The van der Waals surface area contributed by atoms with Gasteiger partial charge < -0.3 is 9.33 Å². The molecule has 1 unspecified atom stereocenters. The van der Waals surface area contributed by atoms with E-state index in [0.717, 1.165) is 44.7 Å². The van der Waals surface area contributed by atoms with Crippen molar-refractivity contribution in [2.45, 2.75) is 90.9 Å². The average molecular weight is 440 g/mol. The number of aromatic nitrogens is 2. The van der Waals surface area contributed by atoms with E-state index in [0.29, 0.717) is 6.04 Å². The minimum absolute atomic E-state index is 0.263. The van der Waals surface area contributed by atoms with Crippen molar-refractivity contribution in [2.24, 2.45) is 0 Å². The van der Waals surface area contributed by atoms with Crippen LogP contribution in [0.2, 0.25) is 18.1 Å². The quantitative estimate of drug-likeness (QED) is 0.336. The van der Waals surface area contributed by atoms with Crippen LogP contribution >= 0.6 is 0 Å². The fraction of sp³-hybridized carbons (Fsp3) is 0.615. The van der Waals surface area contributed by atoms with Crippen LogP contribution in [0.15, 0.2) is 30.6 Å². The molecule has 1 aliphatic carbocycles. The van der Waals surface area contributed by atoms with E-state index in [-0.39, 0.29) is 5.04 Å². The average Bonchev–Trinajstić information content (AvgIpc) is 2.70. The van der Waals surface area contributed by atoms with Crippen LogP contribution in [0.4, 0.5) is 5.82 Å². The van der Waals surface area contributed by atoms with Crippen molar-refractivity contribution in [2.75, 3.05) is 18.1 Å². The second kappa shape index (κ2) is 9.82. The number of fused-ring (bicyclic) bond motifs is 1. The van der Waals surface area contributed by atoms with Crippen molar-refractivity contribution in [3.63, 3.8) is 0 Å². The van der Waals surface area contributed by atoms with Crippen LogP contribution < -0.4 is 4.90 Å². The molecule has 2 heterocycles. The minimum atomic E-state index is -1.68. The lowest BCUT2D eigenvalue weighted by atomic mass is 9.90. The first kappa shape index (κ1) is 23.9. The fourth-order valence-electron chi connectivity index (χ4n) is 4.23. The van der Waals surface area contributed by atoms with Crippen LogP contribution in [0.1, 0.15) is 74.9 Å². The van der Waals surface area contributed by atoms with Gasteiger partial charge in [0.2, 0.25) is 0 Å². The van der Waals surface area contributed by atoms with E-state index in [1.165, 1.54) is 28.8 Å². The molecule has 1 atom stereocenters. The van der Waals surface area contributed by atoms with Gasteiger partial charge in [0.05, 0.1) is 11.7 Å². The zero-order valence-corrected chi connectivity index (χ0v) is 21.7. The minimum Gasteiger partial charge on any atom is -0.417 e. The van der Waals surface area contributed by atoms with Crippen LogP contribution in [0.3, 0.4) is 0 Å². The molecule has 0 saturated heterocycles. The molecule has 0 amide bonds. The highest BCUT2D eigenvalue weighted by Crippen LogP contribution is 2.38. The molecule has 0 saturated carbocycles. The van der Waals surface area contributed by atoms with Crippen LogP contribution in [-0.2, 0) is 10.8 Å². The SMILES string of the molecule is Cc1cnc(N(CCCCO[Si](C)(C)C(C)(C)C)C2CCCc3cccnc32)c(C)c1. The summed E-state index contributed by atoms with van der Waals surface area (Å²) in [7, 11) is -1.68. The van der Waals surface area contributed by atoms with E-state index in [9.17, 15) is 0 Å². The van der Waals surface area contributed by atoms with E-state index >= 15 is 0 Å². The molecule has 1 aliphatic rings. The van der Waals surface area contributed by atoms with Gasteiger partial charge in [0.1, 0.15) is 5.82 Å². The van der Waals surface area contributed by atoms with Crippen LogP contribution in [0.5, 0.6) is 0 Å². The second-order valence-corrected chi connectivity index (χ2v) is 15.4. The highest BCUT2D eigenvalue weighted by Gasteiger charge is 2.37. The van der Waals surface area contributed by atoms with Crippen molar-refractivity contribution in [3.8, 4) is 0 Å². The standard InChI is InChI=1S/C26H41N3OSi/c1-20-18-21(2)25(28-19-20)29(16-8-9-17-30-31(6,7)26(3,4)5)23-14-10-12-22-13-11-15-27-24(22)23/h11,13,15,18-19,23H,8-10,12,14,16-17H2,1-7H3. The topological polar surface area (TPSA) is 38.2 Å². The molecule has 0 bridgehead atoms. The molecule has 170 valence electrons. The van der Waals surface area contributed by atoms with Crippen molar-refractivity contribution in [1.29, 1.82) is 0 Å². The lowest BCUT2D eigenvalue weighted by Gasteiger charge is -2.37. The van der Waals surface area contributed by atoms with Crippen molar-refractivity contribution >= 4 is 14.1 Å². The summed E-state index contributed by atoms with van der Waals surface area (Å²) in [6.45, 7) is 17.7. The summed E-state index contributed by atoms with van der Waals surface area (Å²) in [6, 6.07) is 6.87. The van der Waals surface area contributed by atoms with Gasteiger partial charge in [0.15, 0.2) is 8.32 Å². The van der Waals surface area contributed by atoms with E-state index in [1.54, 1.807) is 0 Å². The summed E-state index contributed by atoms with van der Waals surface area (Å²) in [5.74, 6) is 1.11. The lowest BCUT2D eigenvalue weighted by Crippen LogP contribution is -2.41. The molecule has 0 fully saturated rings. The monoisotopic (exact) mass is 439 g/mol. The third-order valence-electron chi connectivity index (χ3n) is 7.06. The predicted octanol–water partition coefficient (Wildman–Crippen LogP) is 6.78. The molecule has 0 radical (unpaired) electrons. The van der Waals surface area contributed by atoms with Gasteiger partial charge in [0.25, 0.3) is 0 Å². The summed E-state index contributed by atoms with van der Waals surface area (Å²) in [5.41, 5.74) is 5.11. The van der Waals surface area contributed by atoms with Gasteiger partial charge in [-0.15, -0.1) is 0 Å². The number of nitrogens with zero attached hydrogens (tertiary/aromatic N) is 3. The van der Waals surface area contributed by atoms with Crippen LogP contribution in [-0.4, -0.2) is 31.4 Å². The number of hydrogen-bond donors (Lipinski definition) is 0. The maximum atomic E-state index is 6.42. The maximum absolute atomic E-state index is 6.42. The molecule has 0 N–H and O–H groups in total. The molecule has 0 aromatic carbocycles. The van der Waals surface area contributed by atoms with Gasteiger partial charge in [0, 0.05) is 25.5 Å². The van der Waals surface area contributed by atoms with Crippen molar-refractivity contribution < 1.29 is 4.43 Å². The Morgan fingerprint density at radius 1 is 1.16 bits per heavy atom. The van der Waals surface area contributed by atoms with Gasteiger partial charge in [-0.25, -0.2) is 4.98 Å². The van der Waals surface area contributed by atoms with Gasteiger partial charge in [-0.05, 0) is 86.8 Å². The molecule has 31 heavy (non-hydrogen) atoms. The van der Waals surface area contributed by atoms with Crippen LogP contribution in [0.25, 0.3) is 0 Å². The zero-order valence-electron chi connectivity index (χ0n) is 20.7. The summed E-state index contributed by atoms with van der Waals surface area (Å²) in [4.78, 5) is 12.2. The Morgan fingerprint density at radius 3 is 2.65 bits per heavy atom. The van der Waals surface area contributed by atoms with Gasteiger partial charge in [-0.1, -0.05) is 32.9 Å². The Labute approximate surface area is 190 Å². The van der Waals surface area contributed by atoms with Gasteiger partial charge in [-0.3, -0.25) is 4.98 Å². The summed E-state index contributed by atoms with van der Waals surface area (Å²) < 4.78 is 6.42. The number of rotatable bonds is 8. The predicted molar refractivity (Wildman–Crippen MR) is 133 cm³/mol. The normalized spacial score (nSPS) is 16.8. The van der Waals surface area contributed by atoms with E-state index in [4.69, 9.17) is 14.4 Å². The Hall–Kier alpha value is -1.72. The van der Waals surface area contributed by atoms with Gasteiger partial charge in [-0.2, -0.15) is 0 Å². The number of pyridine rings is 2. The smallest absolute Gasteiger partial charge is 0.191 e. The Balaban J connectivity index is 1.74.